The maximum atomic E-state index is 10.9. The number of hydrogen-bond donors (Lipinski definition) is 1. The van der Waals surface area contributed by atoms with Crippen LogP contribution in [0.1, 0.15) is 30.7 Å². The third-order valence-corrected chi connectivity index (χ3v) is 8.73. The minimum Gasteiger partial charge on any atom is -0.507 e. The molecule has 4 aromatic carbocycles. The summed E-state index contributed by atoms with van der Waals surface area (Å²) in [5.74, 6) is 1.86. The molecule has 1 aliphatic carbocycles. The Morgan fingerprint density at radius 1 is 0.682 bits per heavy atom. The molecule has 0 unspecified atom stereocenters. The molecule has 0 aliphatic heterocycles. The molecule has 44 heavy (non-hydrogen) atoms. The summed E-state index contributed by atoms with van der Waals surface area (Å²) in [6, 6.07) is 36.2. The first-order valence-corrected chi connectivity index (χ1v) is 14.7. The molecule has 1 N–H and O–H groups in total. The summed E-state index contributed by atoms with van der Waals surface area (Å²) in [6.45, 7) is 6.52. The van der Waals surface area contributed by atoms with E-state index < -0.39 is 0 Å². The second kappa shape index (κ2) is 9.71. The Morgan fingerprint density at radius 3 is 2.23 bits per heavy atom. The van der Waals surface area contributed by atoms with E-state index in [9.17, 15) is 5.11 Å². The van der Waals surface area contributed by atoms with Crippen LogP contribution in [-0.2, 0) is 5.41 Å². The zero-order chi connectivity index (χ0) is 30.0. The monoisotopic (exact) mass is 571 g/mol. The van der Waals surface area contributed by atoms with E-state index in [0.717, 1.165) is 55.7 Å². The fraction of sp³-hybridized carbons (Fsp3) is 0.105. The van der Waals surface area contributed by atoms with E-state index >= 15 is 0 Å². The van der Waals surface area contributed by atoms with Gasteiger partial charge in [-0.25, -0.2) is 4.98 Å². The molecule has 0 radical (unpaired) electrons. The van der Waals surface area contributed by atoms with Crippen molar-refractivity contribution in [1.29, 1.82) is 0 Å². The van der Waals surface area contributed by atoms with Crippen LogP contribution < -0.4 is 0 Å². The van der Waals surface area contributed by atoms with Gasteiger partial charge in [0.15, 0.2) is 11.6 Å². The van der Waals surface area contributed by atoms with Crippen molar-refractivity contribution < 1.29 is 5.11 Å². The summed E-state index contributed by atoms with van der Waals surface area (Å²) >= 11 is 0. The molecule has 212 valence electrons. The van der Waals surface area contributed by atoms with Crippen molar-refractivity contribution in [3.05, 3.63) is 132 Å². The number of aromatic hydroxyl groups is 1. The minimum atomic E-state index is -0.339. The molecule has 0 saturated heterocycles. The van der Waals surface area contributed by atoms with Crippen LogP contribution in [0.15, 0.2) is 115 Å². The second-order valence-corrected chi connectivity index (χ2v) is 11.8. The number of aromatic nitrogens is 5. The first-order chi connectivity index (χ1) is 21.4. The number of rotatable bonds is 4. The van der Waals surface area contributed by atoms with Gasteiger partial charge in [-0.15, -0.1) is 0 Å². The summed E-state index contributed by atoms with van der Waals surface area (Å²) in [5, 5.41) is 12.0. The zero-order valence-electron chi connectivity index (χ0n) is 24.7. The van der Waals surface area contributed by atoms with Gasteiger partial charge in [0.2, 0.25) is 5.95 Å². The maximum absolute atomic E-state index is 10.9. The first-order valence-electron chi connectivity index (χ1n) is 14.7. The number of phenols is 1. The van der Waals surface area contributed by atoms with E-state index in [-0.39, 0.29) is 11.2 Å². The number of nitrogens with zero attached hydrogens (tertiary/aromatic N) is 5. The molecule has 0 amide bonds. The van der Waals surface area contributed by atoms with E-state index in [1.54, 1.807) is 6.07 Å². The average molecular weight is 572 g/mol. The van der Waals surface area contributed by atoms with Gasteiger partial charge in [0.25, 0.3) is 0 Å². The number of aryl methyl sites for hydroxylation is 1. The molecule has 6 heteroatoms. The van der Waals surface area contributed by atoms with Gasteiger partial charge in [0.05, 0.1) is 11.2 Å². The standard InChI is InChI=1S/C38H29N5O/c1-23-12-7-8-15-26(23)28-22-25(19-20-31(28)44)36-40-35(24-13-5-4-6-14-24)41-37(42-36)43-30-18-10-9-16-27(30)32-33-29(17-11-21-39-33)38(2,3)34(32)43/h4-22,44H,1-3H3. The lowest BCUT2D eigenvalue weighted by Crippen LogP contribution is -2.21. The van der Waals surface area contributed by atoms with Crippen LogP contribution in [0.4, 0.5) is 0 Å². The number of phenolic OH excluding ortho intramolecular Hbond substituents is 1. The number of para-hydroxylation sites is 1. The third kappa shape index (κ3) is 3.88. The largest absolute Gasteiger partial charge is 0.507 e. The molecule has 0 spiro atoms. The fourth-order valence-corrected chi connectivity index (χ4v) is 6.59. The van der Waals surface area contributed by atoms with Crippen LogP contribution >= 0.6 is 0 Å². The Hall–Kier alpha value is -5.62. The number of fused-ring (bicyclic) bond motifs is 5. The maximum Gasteiger partial charge on any atom is 0.238 e. The van der Waals surface area contributed by atoms with Crippen molar-refractivity contribution in [2.24, 2.45) is 0 Å². The van der Waals surface area contributed by atoms with Crippen molar-refractivity contribution in [2.45, 2.75) is 26.2 Å². The lowest BCUT2D eigenvalue weighted by Gasteiger charge is -2.23. The molecular weight excluding hydrogens is 542 g/mol. The molecular formula is C38H29N5O. The SMILES string of the molecule is Cc1ccccc1-c1cc(-c2nc(-c3ccccc3)nc(-n3c4c(c5ccccc53)-c3ncccc3C4(C)C)n2)ccc1O. The molecule has 0 atom stereocenters. The molecule has 1 aliphatic rings. The minimum absolute atomic E-state index is 0.210. The van der Waals surface area contributed by atoms with Gasteiger partial charge in [0.1, 0.15) is 5.75 Å². The van der Waals surface area contributed by atoms with Crippen molar-refractivity contribution in [3.63, 3.8) is 0 Å². The van der Waals surface area contributed by atoms with E-state index in [0.29, 0.717) is 17.6 Å². The van der Waals surface area contributed by atoms with Crippen LogP contribution in [0.5, 0.6) is 5.75 Å². The Labute approximate surface area is 255 Å². The highest BCUT2D eigenvalue weighted by molar-refractivity contribution is 6.02. The van der Waals surface area contributed by atoms with Crippen molar-refractivity contribution in [3.8, 4) is 56.9 Å². The summed E-state index contributed by atoms with van der Waals surface area (Å²) in [4.78, 5) is 20.1. The molecule has 0 bridgehead atoms. The molecule has 6 nitrogen and oxygen atoms in total. The fourth-order valence-electron chi connectivity index (χ4n) is 6.59. The third-order valence-electron chi connectivity index (χ3n) is 8.73. The quantitative estimate of drug-likeness (QED) is 0.229. The summed E-state index contributed by atoms with van der Waals surface area (Å²) in [5.41, 5.74) is 9.55. The highest BCUT2D eigenvalue weighted by Crippen LogP contribution is 2.52. The molecule has 3 aromatic heterocycles. The van der Waals surface area contributed by atoms with Gasteiger partial charge in [-0.3, -0.25) is 9.55 Å². The summed E-state index contributed by atoms with van der Waals surface area (Å²) < 4.78 is 2.19. The normalized spacial score (nSPS) is 13.2. The predicted octanol–water partition coefficient (Wildman–Crippen LogP) is 8.53. The topological polar surface area (TPSA) is 76.7 Å². The molecule has 7 aromatic rings. The van der Waals surface area contributed by atoms with Crippen LogP contribution in [0.25, 0.3) is 62.0 Å². The second-order valence-electron chi connectivity index (χ2n) is 11.8. The van der Waals surface area contributed by atoms with Crippen molar-refractivity contribution >= 4 is 10.9 Å². The van der Waals surface area contributed by atoms with E-state index in [1.807, 2.05) is 85.9 Å². The van der Waals surface area contributed by atoms with E-state index in [2.05, 4.69) is 48.7 Å². The van der Waals surface area contributed by atoms with Crippen LogP contribution in [0, 0.1) is 6.92 Å². The number of benzene rings is 4. The number of hydrogen-bond acceptors (Lipinski definition) is 5. The Bertz CT molecular complexity index is 2230. The van der Waals surface area contributed by atoms with Gasteiger partial charge < -0.3 is 5.11 Å². The Kier molecular flexibility index (Phi) is 5.75. The van der Waals surface area contributed by atoms with Gasteiger partial charge in [-0.05, 0) is 53.9 Å². The van der Waals surface area contributed by atoms with E-state index in [4.69, 9.17) is 19.9 Å². The van der Waals surface area contributed by atoms with Crippen LogP contribution in [0.3, 0.4) is 0 Å². The van der Waals surface area contributed by atoms with Gasteiger partial charge in [-0.2, -0.15) is 9.97 Å². The molecule has 3 heterocycles. The van der Waals surface area contributed by atoms with E-state index in [1.165, 1.54) is 5.56 Å². The summed E-state index contributed by atoms with van der Waals surface area (Å²) in [6.07, 6.45) is 1.86. The Morgan fingerprint density at radius 2 is 1.41 bits per heavy atom. The zero-order valence-corrected chi connectivity index (χ0v) is 24.7. The van der Waals surface area contributed by atoms with Crippen LogP contribution in [-0.4, -0.2) is 29.6 Å². The molecule has 0 fully saturated rings. The molecule has 8 rings (SSSR count). The molecule has 0 saturated carbocycles. The van der Waals surface area contributed by atoms with Gasteiger partial charge >= 0.3 is 0 Å². The van der Waals surface area contributed by atoms with Gasteiger partial charge in [0, 0.05) is 44.9 Å². The lowest BCUT2D eigenvalue weighted by atomic mass is 9.86. The first kappa shape index (κ1) is 26.0. The van der Waals surface area contributed by atoms with Gasteiger partial charge in [-0.1, -0.05) is 92.7 Å². The number of pyridine rings is 1. The lowest BCUT2D eigenvalue weighted by molar-refractivity contribution is 0.477. The van der Waals surface area contributed by atoms with Crippen molar-refractivity contribution in [1.82, 2.24) is 24.5 Å². The highest BCUT2D eigenvalue weighted by atomic mass is 16.3. The van der Waals surface area contributed by atoms with Crippen molar-refractivity contribution in [2.75, 3.05) is 0 Å². The average Bonchev–Trinajstić information content (AvgIpc) is 3.52. The van der Waals surface area contributed by atoms with Crippen LogP contribution in [0.2, 0.25) is 0 Å². The summed E-state index contributed by atoms with van der Waals surface area (Å²) in [7, 11) is 0. The Balaban J connectivity index is 1.42. The smallest absolute Gasteiger partial charge is 0.238 e. The predicted molar refractivity (Wildman–Crippen MR) is 175 cm³/mol. The highest BCUT2D eigenvalue weighted by Gasteiger charge is 2.42.